The maximum absolute atomic E-state index is 4.22. The first-order valence-corrected chi connectivity index (χ1v) is 7.67. The summed E-state index contributed by atoms with van der Waals surface area (Å²) in [6.45, 7) is 3.06. The third kappa shape index (κ3) is 2.98. The van der Waals surface area contributed by atoms with E-state index in [0.717, 1.165) is 23.3 Å². The van der Waals surface area contributed by atoms with E-state index >= 15 is 0 Å². The van der Waals surface area contributed by atoms with E-state index in [-0.39, 0.29) is 0 Å². The zero-order chi connectivity index (χ0) is 13.1. The van der Waals surface area contributed by atoms with E-state index in [1.807, 2.05) is 34.5 Å². The Morgan fingerprint density at radius 2 is 2.21 bits per heavy atom. The number of hydrogen-bond acceptors (Lipinski definition) is 4. The highest BCUT2D eigenvalue weighted by atomic mass is 32.2. The van der Waals surface area contributed by atoms with Crippen LogP contribution in [0.1, 0.15) is 19.2 Å². The molecule has 2 aromatic rings. The van der Waals surface area contributed by atoms with E-state index in [9.17, 15) is 0 Å². The fourth-order valence-corrected chi connectivity index (χ4v) is 3.56. The quantitative estimate of drug-likeness (QED) is 0.928. The molecule has 0 unspecified atom stereocenters. The van der Waals surface area contributed by atoms with Gasteiger partial charge in [-0.15, -0.1) is 10.2 Å². The average molecular weight is 274 g/mol. The van der Waals surface area contributed by atoms with E-state index < -0.39 is 0 Å². The summed E-state index contributed by atoms with van der Waals surface area (Å²) in [6, 6.07) is 10.8. The summed E-state index contributed by atoms with van der Waals surface area (Å²) in [4.78, 5) is 0. The number of para-hydroxylation sites is 1. The van der Waals surface area contributed by atoms with Gasteiger partial charge >= 0.3 is 0 Å². The first kappa shape index (κ1) is 12.7. The van der Waals surface area contributed by atoms with Crippen LogP contribution in [-0.4, -0.2) is 31.8 Å². The molecule has 0 amide bonds. The van der Waals surface area contributed by atoms with Crippen LogP contribution < -0.4 is 5.32 Å². The number of hydrogen-bond donors (Lipinski definition) is 1. The highest BCUT2D eigenvalue weighted by Gasteiger charge is 2.21. The molecule has 1 aromatic heterocycles. The van der Waals surface area contributed by atoms with E-state index in [4.69, 9.17) is 0 Å². The van der Waals surface area contributed by atoms with Crippen LogP contribution in [0.4, 0.5) is 0 Å². The zero-order valence-electron chi connectivity index (χ0n) is 11.0. The molecule has 3 rings (SSSR count). The Morgan fingerprint density at radius 1 is 1.37 bits per heavy atom. The Labute approximate surface area is 117 Å². The maximum atomic E-state index is 4.22. The van der Waals surface area contributed by atoms with Gasteiger partial charge in [0.2, 0.25) is 0 Å². The van der Waals surface area contributed by atoms with Gasteiger partial charge in [-0.05, 0) is 18.6 Å². The molecular formula is C14H18N4S. The van der Waals surface area contributed by atoms with Crippen LogP contribution in [0.3, 0.4) is 0 Å². The Kier molecular flexibility index (Phi) is 3.84. The van der Waals surface area contributed by atoms with Crippen molar-refractivity contribution in [3.8, 4) is 5.69 Å². The first-order chi connectivity index (χ1) is 9.33. The molecule has 1 fully saturated rings. The molecular weight excluding hydrogens is 256 g/mol. The minimum Gasteiger partial charge on any atom is -0.306 e. The van der Waals surface area contributed by atoms with Gasteiger partial charge in [0.1, 0.15) is 6.33 Å². The van der Waals surface area contributed by atoms with Crippen LogP contribution in [0.5, 0.6) is 0 Å². The van der Waals surface area contributed by atoms with Crippen molar-refractivity contribution in [2.45, 2.75) is 31.2 Å². The second-order valence-electron chi connectivity index (χ2n) is 4.91. The highest BCUT2D eigenvalue weighted by Crippen LogP contribution is 2.26. The Hall–Kier alpha value is -1.33. The van der Waals surface area contributed by atoms with E-state index in [1.165, 1.54) is 12.2 Å². The maximum Gasteiger partial charge on any atom is 0.151 e. The molecule has 1 aliphatic heterocycles. The van der Waals surface area contributed by atoms with Crippen molar-refractivity contribution in [1.29, 1.82) is 0 Å². The minimum absolute atomic E-state index is 0.598. The molecule has 4 nitrogen and oxygen atoms in total. The minimum atomic E-state index is 0.598. The number of nitrogens with one attached hydrogen (secondary N) is 1. The SMILES string of the molecule is C[C@@H]1C[C@H](NCc2nncn2-c2ccccc2)CS1. The van der Waals surface area contributed by atoms with Crippen LogP contribution in [0, 0.1) is 0 Å². The van der Waals surface area contributed by atoms with Crippen LogP contribution >= 0.6 is 11.8 Å². The van der Waals surface area contributed by atoms with Crippen molar-refractivity contribution >= 4 is 11.8 Å². The molecule has 0 aliphatic carbocycles. The van der Waals surface area contributed by atoms with E-state index in [2.05, 4.69) is 34.6 Å². The van der Waals surface area contributed by atoms with Gasteiger partial charge in [-0.1, -0.05) is 25.1 Å². The summed E-state index contributed by atoms with van der Waals surface area (Å²) in [5.41, 5.74) is 1.11. The molecule has 0 radical (unpaired) electrons. The van der Waals surface area contributed by atoms with Gasteiger partial charge in [-0.25, -0.2) is 0 Å². The molecule has 1 aromatic carbocycles. The molecule has 1 N–H and O–H groups in total. The van der Waals surface area contributed by atoms with E-state index in [0.29, 0.717) is 6.04 Å². The van der Waals surface area contributed by atoms with Gasteiger partial charge in [0, 0.05) is 22.7 Å². The van der Waals surface area contributed by atoms with Crippen molar-refractivity contribution in [2.24, 2.45) is 0 Å². The van der Waals surface area contributed by atoms with Crippen molar-refractivity contribution in [1.82, 2.24) is 20.1 Å². The topological polar surface area (TPSA) is 42.7 Å². The van der Waals surface area contributed by atoms with Crippen molar-refractivity contribution in [2.75, 3.05) is 5.75 Å². The molecule has 0 spiro atoms. The molecule has 2 atom stereocenters. The lowest BCUT2D eigenvalue weighted by Crippen LogP contribution is -2.29. The lowest BCUT2D eigenvalue weighted by atomic mass is 10.2. The van der Waals surface area contributed by atoms with Crippen molar-refractivity contribution in [3.63, 3.8) is 0 Å². The second kappa shape index (κ2) is 5.75. The predicted molar refractivity (Wildman–Crippen MR) is 78.5 cm³/mol. The third-order valence-corrected chi connectivity index (χ3v) is 4.76. The standard InChI is InChI=1S/C14H18N4S/c1-11-7-12(9-19-11)15-8-14-17-16-10-18(14)13-5-3-2-4-6-13/h2-6,10-12,15H,7-9H2,1H3/t11-,12+/m1/s1. The van der Waals surface area contributed by atoms with Crippen LogP contribution in [0.2, 0.25) is 0 Å². The normalized spacial score (nSPS) is 22.8. The fourth-order valence-electron chi connectivity index (χ4n) is 2.38. The molecule has 100 valence electrons. The van der Waals surface area contributed by atoms with Crippen LogP contribution in [0.25, 0.3) is 5.69 Å². The summed E-state index contributed by atoms with van der Waals surface area (Å²) in [5, 5.41) is 12.6. The zero-order valence-corrected chi connectivity index (χ0v) is 11.8. The predicted octanol–water partition coefficient (Wildman–Crippen LogP) is 2.25. The monoisotopic (exact) mass is 274 g/mol. The number of nitrogens with zero attached hydrogens (tertiary/aromatic N) is 3. The Morgan fingerprint density at radius 3 is 2.95 bits per heavy atom. The van der Waals surface area contributed by atoms with Crippen LogP contribution in [-0.2, 0) is 6.54 Å². The summed E-state index contributed by atoms with van der Waals surface area (Å²) in [5.74, 6) is 2.16. The summed E-state index contributed by atoms with van der Waals surface area (Å²) < 4.78 is 2.04. The van der Waals surface area contributed by atoms with Gasteiger partial charge in [0.15, 0.2) is 5.82 Å². The first-order valence-electron chi connectivity index (χ1n) is 6.62. The second-order valence-corrected chi connectivity index (χ2v) is 6.38. The number of aromatic nitrogens is 3. The summed E-state index contributed by atoms with van der Waals surface area (Å²) >= 11 is 2.04. The molecule has 0 bridgehead atoms. The smallest absolute Gasteiger partial charge is 0.151 e. The van der Waals surface area contributed by atoms with Crippen LogP contribution in [0.15, 0.2) is 36.7 Å². The molecule has 1 saturated heterocycles. The molecule has 5 heteroatoms. The van der Waals surface area contributed by atoms with E-state index in [1.54, 1.807) is 6.33 Å². The molecule has 0 saturated carbocycles. The number of thioether (sulfide) groups is 1. The van der Waals surface area contributed by atoms with Gasteiger partial charge in [0.05, 0.1) is 6.54 Å². The van der Waals surface area contributed by atoms with Gasteiger partial charge in [-0.2, -0.15) is 11.8 Å². The largest absolute Gasteiger partial charge is 0.306 e. The van der Waals surface area contributed by atoms with Gasteiger partial charge in [0.25, 0.3) is 0 Å². The lowest BCUT2D eigenvalue weighted by molar-refractivity contribution is 0.524. The third-order valence-electron chi connectivity index (χ3n) is 3.40. The van der Waals surface area contributed by atoms with Crippen molar-refractivity contribution < 1.29 is 0 Å². The lowest BCUT2D eigenvalue weighted by Gasteiger charge is -2.12. The number of benzene rings is 1. The van der Waals surface area contributed by atoms with Crippen molar-refractivity contribution in [3.05, 3.63) is 42.5 Å². The molecule has 19 heavy (non-hydrogen) atoms. The average Bonchev–Trinajstić information content (AvgIpc) is 3.06. The Bertz CT molecular complexity index is 525. The molecule has 2 heterocycles. The van der Waals surface area contributed by atoms with Gasteiger partial charge < -0.3 is 5.32 Å². The summed E-state index contributed by atoms with van der Waals surface area (Å²) in [6.07, 6.45) is 3.02. The Balaban J connectivity index is 1.67. The number of rotatable bonds is 4. The summed E-state index contributed by atoms with van der Waals surface area (Å²) in [7, 11) is 0. The van der Waals surface area contributed by atoms with Gasteiger partial charge in [-0.3, -0.25) is 4.57 Å². The fraction of sp³-hybridized carbons (Fsp3) is 0.429. The molecule has 1 aliphatic rings. The highest BCUT2D eigenvalue weighted by molar-refractivity contribution is 8.00.